The number of carbonyl (C=O) groups excluding carboxylic acids is 2. The third kappa shape index (κ3) is 3.26. The van der Waals surface area contributed by atoms with E-state index in [1.54, 1.807) is 0 Å². The van der Waals surface area contributed by atoms with Crippen molar-refractivity contribution in [2.75, 3.05) is 5.32 Å². The number of pyridine rings is 1. The molecular weight excluding hydrogens is 398 g/mol. The Hall–Kier alpha value is -3.48. The number of hydrogen-bond acceptors (Lipinski definition) is 7. The number of aromatic nitrogens is 3. The van der Waals surface area contributed by atoms with Crippen molar-refractivity contribution in [2.24, 2.45) is 12.8 Å². The van der Waals surface area contributed by atoms with Crippen LogP contribution in [0.2, 0.25) is 0 Å². The Balaban J connectivity index is 2.14. The number of thiophene rings is 1. The lowest BCUT2D eigenvalue weighted by Gasteiger charge is -2.07. The number of rotatable bonds is 5. The van der Waals surface area contributed by atoms with Gasteiger partial charge in [0, 0.05) is 12.4 Å². The van der Waals surface area contributed by atoms with Gasteiger partial charge in [-0.05, 0) is 18.6 Å². The van der Waals surface area contributed by atoms with E-state index in [0.717, 1.165) is 28.3 Å². The second-order valence-electron chi connectivity index (χ2n) is 5.76. The Morgan fingerprint density at radius 3 is 2.68 bits per heavy atom. The van der Waals surface area contributed by atoms with Gasteiger partial charge in [0.1, 0.15) is 21.6 Å². The predicted molar refractivity (Wildman–Crippen MR) is 95.6 cm³/mol. The number of halogens is 2. The van der Waals surface area contributed by atoms with Crippen LogP contribution in [0.25, 0.3) is 10.2 Å². The summed E-state index contributed by atoms with van der Waals surface area (Å²) in [5.74, 6) is -1.86. The summed E-state index contributed by atoms with van der Waals surface area (Å²) in [6.45, 7) is 1.51. The van der Waals surface area contributed by atoms with Crippen molar-refractivity contribution < 1.29 is 23.3 Å². The average molecular weight is 410 g/mol. The number of amides is 2. The Morgan fingerprint density at radius 1 is 1.43 bits per heavy atom. The molecule has 3 aromatic heterocycles. The first kappa shape index (κ1) is 19.3. The van der Waals surface area contributed by atoms with Crippen LogP contribution >= 0.6 is 11.3 Å². The van der Waals surface area contributed by atoms with Crippen LogP contribution < -0.4 is 11.1 Å². The Morgan fingerprint density at radius 2 is 2.11 bits per heavy atom. The summed E-state index contributed by atoms with van der Waals surface area (Å²) in [7, 11) is 1.40. The molecule has 28 heavy (non-hydrogen) atoms. The number of primary amides is 1. The van der Waals surface area contributed by atoms with Crippen molar-refractivity contribution in [1.82, 2.24) is 14.8 Å². The third-order valence-corrected chi connectivity index (χ3v) is 4.88. The number of anilines is 1. The molecule has 3 aromatic rings. The fourth-order valence-electron chi connectivity index (χ4n) is 2.66. The number of carbonyl (C=O) groups is 2. The summed E-state index contributed by atoms with van der Waals surface area (Å²) >= 11 is 0.737. The first-order valence-corrected chi connectivity index (χ1v) is 8.43. The number of hydrogen-bond donors (Lipinski definition) is 2. The maximum atomic E-state index is 13.0. The van der Waals surface area contributed by atoms with Crippen molar-refractivity contribution in [3.8, 4) is 0 Å². The maximum absolute atomic E-state index is 13.0. The molecule has 3 heterocycles. The molecule has 0 atom stereocenters. The topological polar surface area (TPSA) is 146 Å². The molecule has 10 nitrogen and oxygen atoms in total. The summed E-state index contributed by atoms with van der Waals surface area (Å²) in [5.41, 5.74) is 4.12. The quantitative estimate of drug-likeness (QED) is 0.488. The number of nitrogens with zero attached hydrogens (tertiary/aromatic N) is 4. The van der Waals surface area contributed by atoms with E-state index in [2.05, 4.69) is 15.4 Å². The minimum Gasteiger partial charge on any atom is -0.365 e. The number of nitrogens with two attached hydrogens (primary N) is 1. The average Bonchev–Trinajstić information content (AvgIpc) is 3.16. The van der Waals surface area contributed by atoms with Crippen LogP contribution in [0.4, 0.5) is 20.2 Å². The first-order chi connectivity index (χ1) is 13.1. The smallest absolute Gasteiger partial charge is 0.320 e. The highest BCUT2D eigenvalue weighted by Crippen LogP contribution is 2.38. The minimum absolute atomic E-state index is 0.0525. The number of fused-ring (bicyclic) bond motifs is 1. The summed E-state index contributed by atoms with van der Waals surface area (Å²) in [4.78, 5) is 38.5. The van der Waals surface area contributed by atoms with E-state index in [-0.39, 0.29) is 20.8 Å². The molecule has 0 aliphatic heterocycles. The van der Waals surface area contributed by atoms with E-state index >= 15 is 0 Å². The van der Waals surface area contributed by atoms with Crippen LogP contribution in [0, 0.1) is 17.0 Å². The van der Waals surface area contributed by atoms with E-state index in [9.17, 15) is 28.5 Å². The molecule has 0 aliphatic carbocycles. The van der Waals surface area contributed by atoms with Crippen LogP contribution in [-0.4, -0.2) is 31.5 Å². The van der Waals surface area contributed by atoms with Gasteiger partial charge in [0.15, 0.2) is 0 Å². The maximum Gasteiger partial charge on any atom is 0.320 e. The SMILES string of the molecule is Cc1cc(C(F)F)nc2sc(C(N)=O)c(NC(=O)c3nn(C)cc3[N+](=O)[O-])c12. The molecule has 0 fully saturated rings. The molecule has 0 aliphatic rings. The molecule has 0 aromatic carbocycles. The number of aryl methyl sites for hydroxylation is 2. The molecule has 0 saturated heterocycles. The molecule has 0 bridgehead atoms. The summed E-state index contributed by atoms with van der Waals surface area (Å²) in [6.07, 6.45) is -1.77. The molecule has 146 valence electrons. The molecule has 0 unspecified atom stereocenters. The highest BCUT2D eigenvalue weighted by atomic mass is 32.1. The van der Waals surface area contributed by atoms with Gasteiger partial charge in [0.25, 0.3) is 18.2 Å². The highest BCUT2D eigenvalue weighted by molar-refractivity contribution is 7.21. The fourth-order valence-corrected chi connectivity index (χ4v) is 3.72. The fraction of sp³-hybridized carbons (Fsp3) is 0.200. The standard InChI is InChI=1S/C15H12F2N6O4S/c1-5-3-6(12(16)17)19-15-8(5)10(11(28-15)13(18)24)20-14(25)9-7(23(26)27)4-22(2)21-9/h3-4,12H,1-2H3,(H2,18,24)(H,20,25). The zero-order valence-corrected chi connectivity index (χ0v) is 15.2. The van der Waals surface area contributed by atoms with E-state index in [1.807, 2.05) is 0 Å². The monoisotopic (exact) mass is 410 g/mol. The van der Waals surface area contributed by atoms with Crippen molar-refractivity contribution in [3.05, 3.63) is 44.2 Å². The zero-order valence-electron chi connectivity index (χ0n) is 14.4. The third-order valence-electron chi connectivity index (χ3n) is 3.79. The zero-order chi connectivity index (χ0) is 20.7. The number of nitro groups is 1. The van der Waals surface area contributed by atoms with Crippen LogP contribution in [0.5, 0.6) is 0 Å². The molecule has 3 rings (SSSR count). The van der Waals surface area contributed by atoms with Gasteiger partial charge in [-0.2, -0.15) is 5.10 Å². The highest BCUT2D eigenvalue weighted by Gasteiger charge is 2.28. The summed E-state index contributed by atoms with van der Waals surface area (Å²) in [5, 5.41) is 17.5. The Bertz CT molecular complexity index is 1140. The van der Waals surface area contributed by atoms with Crippen LogP contribution in [0.15, 0.2) is 12.3 Å². The number of alkyl halides is 2. The van der Waals surface area contributed by atoms with Gasteiger partial charge in [-0.3, -0.25) is 24.4 Å². The number of nitrogens with one attached hydrogen (secondary N) is 1. The van der Waals surface area contributed by atoms with Gasteiger partial charge in [0.05, 0.1) is 10.6 Å². The predicted octanol–water partition coefficient (Wildman–Crippen LogP) is 2.54. The van der Waals surface area contributed by atoms with Crippen LogP contribution in [0.1, 0.15) is 37.8 Å². The van der Waals surface area contributed by atoms with E-state index in [4.69, 9.17) is 5.73 Å². The van der Waals surface area contributed by atoms with Gasteiger partial charge in [0.2, 0.25) is 5.69 Å². The Labute approximate surface area is 159 Å². The second kappa shape index (κ2) is 6.92. The van der Waals surface area contributed by atoms with E-state index < -0.39 is 40.2 Å². The molecule has 3 N–H and O–H groups in total. The van der Waals surface area contributed by atoms with Gasteiger partial charge in [-0.25, -0.2) is 13.8 Å². The van der Waals surface area contributed by atoms with Crippen molar-refractivity contribution in [1.29, 1.82) is 0 Å². The molecule has 0 spiro atoms. The normalized spacial score (nSPS) is 11.2. The summed E-state index contributed by atoms with van der Waals surface area (Å²) in [6, 6.07) is 1.13. The largest absolute Gasteiger partial charge is 0.365 e. The van der Waals surface area contributed by atoms with Gasteiger partial charge in [-0.1, -0.05) is 0 Å². The summed E-state index contributed by atoms with van der Waals surface area (Å²) < 4.78 is 27.1. The second-order valence-corrected chi connectivity index (χ2v) is 6.76. The van der Waals surface area contributed by atoms with Crippen molar-refractivity contribution in [3.63, 3.8) is 0 Å². The lowest BCUT2D eigenvalue weighted by atomic mass is 10.1. The molecule has 13 heteroatoms. The van der Waals surface area contributed by atoms with Gasteiger partial charge < -0.3 is 11.1 Å². The lowest BCUT2D eigenvalue weighted by molar-refractivity contribution is -0.385. The van der Waals surface area contributed by atoms with Gasteiger partial charge in [-0.15, -0.1) is 11.3 Å². The van der Waals surface area contributed by atoms with Crippen molar-refractivity contribution in [2.45, 2.75) is 13.3 Å². The Kier molecular flexibility index (Phi) is 4.77. The van der Waals surface area contributed by atoms with Gasteiger partial charge >= 0.3 is 5.69 Å². The molecule has 2 amide bonds. The molecule has 0 radical (unpaired) electrons. The van der Waals surface area contributed by atoms with E-state index in [0.29, 0.717) is 5.56 Å². The lowest BCUT2D eigenvalue weighted by Crippen LogP contribution is -2.18. The van der Waals surface area contributed by atoms with Crippen LogP contribution in [-0.2, 0) is 7.05 Å². The first-order valence-electron chi connectivity index (χ1n) is 7.61. The minimum atomic E-state index is -2.82. The van der Waals surface area contributed by atoms with Crippen LogP contribution in [0.3, 0.4) is 0 Å². The molecular formula is C15H12F2N6O4S. The molecule has 0 saturated carbocycles. The van der Waals surface area contributed by atoms with E-state index in [1.165, 1.54) is 14.0 Å². The van der Waals surface area contributed by atoms with Crippen molar-refractivity contribution >= 4 is 44.7 Å².